The molecule has 1 heterocycles. The quantitative estimate of drug-likeness (QED) is 0.817. The maximum atomic E-state index is 13.8. The van der Waals surface area contributed by atoms with Crippen LogP contribution in [0.25, 0.3) is 0 Å². The molecule has 3 rings (SSSR count). The summed E-state index contributed by atoms with van der Waals surface area (Å²) in [5, 5.41) is 0. The lowest BCUT2D eigenvalue weighted by molar-refractivity contribution is 0.0113. The Morgan fingerprint density at radius 1 is 0.905 bits per heavy atom. The van der Waals surface area contributed by atoms with Gasteiger partial charge in [-0.25, -0.2) is 8.78 Å². The third-order valence-electron chi connectivity index (χ3n) is 4.03. The second-order valence-electron chi connectivity index (χ2n) is 5.79. The summed E-state index contributed by atoms with van der Waals surface area (Å²) in [5.41, 5.74) is 2.21. The summed E-state index contributed by atoms with van der Waals surface area (Å²) >= 11 is 0. The van der Waals surface area contributed by atoms with Crippen molar-refractivity contribution >= 4 is 0 Å². The standard InChI is InChI=1S/C18H19F2N/c19-18(20)12-17(11-15-7-3-1-4-8-15)21(14-18)13-16-9-5-2-6-10-16/h1-10,17H,11-14H2. The number of benzene rings is 2. The summed E-state index contributed by atoms with van der Waals surface area (Å²) in [7, 11) is 0. The highest BCUT2D eigenvalue weighted by atomic mass is 19.3. The van der Waals surface area contributed by atoms with Gasteiger partial charge in [0.1, 0.15) is 0 Å². The van der Waals surface area contributed by atoms with Gasteiger partial charge in [-0.1, -0.05) is 60.7 Å². The zero-order valence-corrected chi connectivity index (χ0v) is 11.9. The summed E-state index contributed by atoms with van der Waals surface area (Å²) in [6.45, 7) is 0.452. The van der Waals surface area contributed by atoms with Gasteiger partial charge in [0.25, 0.3) is 5.92 Å². The van der Waals surface area contributed by atoms with E-state index in [0.29, 0.717) is 13.0 Å². The molecule has 21 heavy (non-hydrogen) atoms. The number of alkyl halides is 2. The molecule has 2 aromatic carbocycles. The van der Waals surface area contributed by atoms with Gasteiger partial charge in [-0.05, 0) is 17.5 Å². The topological polar surface area (TPSA) is 3.24 Å². The number of rotatable bonds is 4. The highest BCUT2D eigenvalue weighted by molar-refractivity contribution is 5.18. The number of nitrogens with zero attached hydrogens (tertiary/aromatic N) is 1. The van der Waals surface area contributed by atoms with Crippen LogP contribution in [0.3, 0.4) is 0 Å². The number of hydrogen-bond donors (Lipinski definition) is 0. The molecule has 1 aliphatic heterocycles. The molecule has 1 fully saturated rings. The second-order valence-corrected chi connectivity index (χ2v) is 5.79. The molecule has 1 saturated heterocycles. The van der Waals surface area contributed by atoms with Crippen molar-refractivity contribution in [3.63, 3.8) is 0 Å². The highest BCUT2D eigenvalue weighted by Crippen LogP contribution is 2.34. The van der Waals surface area contributed by atoms with Crippen molar-refractivity contribution in [2.45, 2.75) is 31.4 Å². The molecule has 2 aromatic rings. The molecule has 0 saturated carbocycles. The average molecular weight is 287 g/mol. The molecule has 0 bridgehead atoms. The molecule has 110 valence electrons. The van der Waals surface area contributed by atoms with Crippen LogP contribution in [0.5, 0.6) is 0 Å². The second kappa shape index (κ2) is 5.94. The summed E-state index contributed by atoms with van der Waals surface area (Å²) in [4.78, 5) is 1.92. The smallest absolute Gasteiger partial charge is 0.262 e. The van der Waals surface area contributed by atoms with Crippen LogP contribution in [0.1, 0.15) is 17.5 Å². The van der Waals surface area contributed by atoms with Gasteiger partial charge in [0.15, 0.2) is 0 Å². The molecule has 1 nitrogen and oxygen atoms in total. The summed E-state index contributed by atoms with van der Waals surface area (Å²) in [5.74, 6) is -2.58. The number of halogens is 2. The van der Waals surface area contributed by atoms with Crippen LogP contribution in [0.2, 0.25) is 0 Å². The third kappa shape index (κ3) is 3.67. The molecule has 0 aromatic heterocycles. The maximum Gasteiger partial charge on any atom is 0.262 e. The zero-order chi connectivity index (χ0) is 14.7. The van der Waals surface area contributed by atoms with E-state index in [2.05, 4.69) is 0 Å². The summed E-state index contributed by atoms with van der Waals surface area (Å²) in [6, 6.07) is 19.7. The van der Waals surface area contributed by atoms with Crippen LogP contribution >= 0.6 is 0 Å². The Morgan fingerprint density at radius 3 is 2.10 bits per heavy atom. The van der Waals surface area contributed by atoms with Gasteiger partial charge in [-0.3, -0.25) is 4.90 Å². The van der Waals surface area contributed by atoms with Crippen LogP contribution < -0.4 is 0 Å². The molecule has 0 amide bonds. The molecular formula is C18H19F2N. The molecule has 1 atom stereocenters. The zero-order valence-electron chi connectivity index (χ0n) is 11.9. The Morgan fingerprint density at radius 2 is 1.48 bits per heavy atom. The SMILES string of the molecule is FC1(F)CC(Cc2ccccc2)N(Cc2ccccc2)C1. The largest absolute Gasteiger partial charge is 0.290 e. The summed E-state index contributed by atoms with van der Waals surface area (Å²) in [6.07, 6.45) is 0.637. The van der Waals surface area contributed by atoms with Crippen LogP contribution in [-0.2, 0) is 13.0 Å². The minimum Gasteiger partial charge on any atom is -0.290 e. The van der Waals surface area contributed by atoms with Gasteiger partial charge in [-0.2, -0.15) is 0 Å². The van der Waals surface area contributed by atoms with Crippen molar-refractivity contribution in [3.8, 4) is 0 Å². The lowest BCUT2D eigenvalue weighted by Crippen LogP contribution is -2.31. The van der Waals surface area contributed by atoms with Gasteiger partial charge < -0.3 is 0 Å². The van der Waals surface area contributed by atoms with Gasteiger partial charge in [-0.15, -0.1) is 0 Å². The van der Waals surface area contributed by atoms with Crippen molar-refractivity contribution in [2.24, 2.45) is 0 Å². The first-order chi connectivity index (χ1) is 10.1. The predicted molar refractivity (Wildman–Crippen MR) is 80.4 cm³/mol. The fourth-order valence-electron chi connectivity index (χ4n) is 3.05. The third-order valence-corrected chi connectivity index (χ3v) is 4.03. The molecule has 0 spiro atoms. The first-order valence-corrected chi connectivity index (χ1v) is 7.32. The highest BCUT2D eigenvalue weighted by Gasteiger charge is 2.44. The normalized spacial score (nSPS) is 21.5. The van der Waals surface area contributed by atoms with E-state index < -0.39 is 5.92 Å². The van der Waals surface area contributed by atoms with E-state index in [1.165, 1.54) is 0 Å². The van der Waals surface area contributed by atoms with Gasteiger partial charge >= 0.3 is 0 Å². The Balaban J connectivity index is 1.73. The minimum absolute atomic E-state index is 0.0469. The Labute approximate surface area is 124 Å². The van der Waals surface area contributed by atoms with Crippen LogP contribution in [0, 0.1) is 0 Å². The Hall–Kier alpha value is -1.74. The lowest BCUT2D eigenvalue weighted by atomic mass is 10.0. The monoisotopic (exact) mass is 287 g/mol. The average Bonchev–Trinajstić information content (AvgIpc) is 2.75. The van der Waals surface area contributed by atoms with Crippen molar-refractivity contribution in [2.75, 3.05) is 6.54 Å². The molecule has 0 N–H and O–H groups in total. The molecule has 0 radical (unpaired) electrons. The van der Waals surface area contributed by atoms with E-state index in [1.807, 2.05) is 65.6 Å². The predicted octanol–water partition coefficient (Wildman–Crippen LogP) is 4.14. The van der Waals surface area contributed by atoms with Gasteiger partial charge in [0.05, 0.1) is 6.54 Å². The molecule has 0 aliphatic carbocycles. The number of hydrogen-bond acceptors (Lipinski definition) is 1. The molecule has 3 heteroatoms. The Kier molecular flexibility index (Phi) is 4.02. The van der Waals surface area contributed by atoms with Crippen molar-refractivity contribution in [1.82, 2.24) is 4.90 Å². The van der Waals surface area contributed by atoms with Gasteiger partial charge in [0, 0.05) is 19.0 Å². The maximum absolute atomic E-state index is 13.8. The lowest BCUT2D eigenvalue weighted by Gasteiger charge is -2.23. The summed E-state index contributed by atoms with van der Waals surface area (Å²) < 4.78 is 27.6. The van der Waals surface area contributed by atoms with E-state index >= 15 is 0 Å². The van der Waals surface area contributed by atoms with E-state index in [1.54, 1.807) is 0 Å². The first-order valence-electron chi connectivity index (χ1n) is 7.32. The van der Waals surface area contributed by atoms with E-state index in [-0.39, 0.29) is 19.0 Å². The van der Waals surface area contributed by atoms with Crippen molar-refractivity contribution in [1.29, 1.82) is 0 Å². The molecule has 1 unspecified atom stereocenters. The molecule has 1 aliphatic rings. The van der Waals surface area contributed by atoms with E-state index in [9.17, 15) is 8.78 Å². The number of likely N-dealkylation sites (tertiary alicyclic amines) is 1. The van der Waals surface area contributed by atoms with Crippen LogP contribution in [0.15, 0.2) is 60.7 Å². The van der Waals surface area contributed by atoms with Gasteiger partial charge in [0.2, 0.25) is 0 Å². The van der Waals surface area contributed by atoms with E-state index in [0.717, 1.165) is 11.1 Å². The van der Waals surface area contributed by atoms with E-state index in [4.69, 9.17) is 0 Å². The van der Waals surface area contributed by atoms with Crippen LogP contribution in [-0.4, -0.2) is 23.4 Å². The van der Waals surface area contributed by atoms with Crippen molar-refractivity contribution in [3.05, 3.63) is 71.8 Å². The van der Waals surface area contributed by atoms with Crippen molar-refractivity contribution < 1.29 is 8.78 Å². The fraction of sp³-hybridized carbons (Fsp3) is 0.333. The minimum atomic E-state index is -2.58. The van der Waals surface area contributed by atoms with Crippen LogP contribution in [0.4, 0.5) is 8.78 Å². The first kappa shape index (κ1) is 14.2. The Bertz CT molecular complexity index is 517. The fourth-order valence-corrected chi connectivity index (χ4v) is 3.05. The molecular weight excluding hydrogens is 268 g/mol.